The Bertz CT molecular complexity index is 1670. The molecule has 9 N–H and O–H groups in total. The molecule has 5 rings (SSSR count). The van der Waals surface area contributed by atoms with Crippen molar-refractivity contribution in [2.24, 2.45) is 22.4 Å². The van der Waals surface area contributed by atoms with Crippen LogP contribution < -0.4 is 21.1 Å². The van der Waals surface area contributed by atoms with Crippen LogP contribution in [-0.2, 0) is 17.6 Å². The fourth-order valence-corrected chi connectivity index (χ4v) is 7.10. The van der Waals surface area contributed by atoms with E-state index in [2.05, 4.69) is 25.0 Å². The molecule has 1 unspecified atom stereocenters. The summed E-state index contributed by atoms with van der Waals surface area (Å²) in [5.41, 5.74) is 18.1. The molecule has 2 aromatic carbocycles. The number of carbonyl (C=O) groups is 1. The van der Waals surface area contributed by atoms with Crippen LogP contribution in [0.5, 0.6) is 11.5 Å². The fraction of sp³-hybridized carbons (Fsp3) is 0.500. The second kappa shape index (κ2) is 17.4. The van der Waals surface area contributed by atoms with Crippen LogP contribution >= 0.6 is 0 Å². The van der Waals surface area contributed by atoms with Crippen LogP contribution in [-0.4, -0.2) is 56.9 Å². The number of quaternary nitrogens is 1. The lowest BCUT2D eigenvalue weighted by molar-refractivity contribution is -0.882. The molecule has 0 aromatic heterocycles. The monoisotopic (exact) mass is 685 g/mol. The number of phenolic OH excluding ortho intramolecular Hbond substituents is 1. The largest absolute Gasteiger partial charge is 0.504 e. The maximum atomic E-state index is 13.4. The van der Waals surface area contributed by atoms with Crippen LogP contribution in [0.15, 0.2) is 64.9 Å². The maximum absolute atomic E-state index is 13.4. The minimum absolute atomic E-state index is 0.0195. The summed E-state index contributed by atoms with van der Waals surface area (Å²) in [6.45, 7) is 4.67. The second-order valence-electron chi connectivity index (χ2n) is 13.9. The van der Waals surface area contributed by atoms with E-state index in [-0.39, 0.29) is 36.5 Å². The molecule has 0 amide bonds. The molecular weight excluding hydrogens is 632 g/mol. The van der Waals surface area contributed by atoms with E-state index in [4.69, 9.17) is 21.2 Å². The molecule has 0 radical (unpaired) electrons. The number of benzene rings is 2. The van der Waals surface area contributed by atoms with Gasteiger partial charge in [-0.05, 0) is 65.6 Å². The van der Waals surface area contributed by atoms with Crippen molar-refractivity contribution in [3.05, 3.63) is 82.2 Å². The summed E-state index contributed by atoms with van der Waals surface area (Å²) >= 11 is 0. The summed E-state index contributed by atoms with van der Waals surface area (Å²) < 4.78 is 6.47. The van der Waals surface area contributed by atoms with Crippen LogP contribution in [0.3, 0.4) is 0 Å². The van der Waals surface area contributed by atoms with Gasteiger partial charge in [-0.2, -0.15) is 0 Å². The number of aliphatic hydroxyl groups excluding tert-OH is 3. The molecule has 3 aliphatic rings. The van der Waals surface area contributed by atoms with E-state index < -0.39 is 36.6 Å². The Morgan fingerprint density at radius 1 is 1.10 bits per heavy atom. The van der Waals surface area contributed by atoms with Crippen molar-refractivity contribution in [2.75, 3.05) is 6.54 Å². The molecule has 0 saturated heterocycles. The fourth-order valence-electron chi connectivity index (χ4n) is 7.10. The van der Waals surface area contributed by atoms with Gasteiger partial charge in [-0.15, -0.1) is 0 Å². The number of ether oxygens (including phenoxy) is 1. The molecule has 50 heavy (non-hydrogen) atoms. The van der Waals surface area contributed by atoms with Crippen LogP contribution in [0, 0.1) is 17.8 Å². The van der Waals surface area contributed by atoms with Crippen LogP contribution in [0.4, 0.5) is 0 Å². The van der Waals surface area contributed by atoms with Gasteiger partial charge in [-0.25, -0.2) is 0 Å². The van der Waals surface area contributed by atoms with Crippen molar-refractivity contribution in [1.82, 2.24) is 0 Å². The highest BCUT2D eigenvalue weighted by atomic mass is 16.5. The number of hydrogen-bond acceptors (Lipinski definition) is 9. The zero-order valence-corrected chi connectivity index (χ0v) is 29.3. The third-order valence-corrected chi connectivity index (χ3v) is 9.99. The molecule has 6 atom stereocenters. The molecule has 0 saturated carbocycles. The highest BCUT2D eigenvalue weighted by Gasteiger charge is 2.36. The Balaban J connectivity index is 1.32. The number of aliphatic imine (C=N–C) groups is 1. The van der Waals surface area contributed by atoms with E-state index in [0.29, 0.717) is 37.8 Å². The SMILES string of the molecule is CCCCC[C@H](C(=O)CCc1ccc(O)c(O[C@H]2CC#C[C@H](O)c3ccc(C(N)N)cc3CC3=CN=C4C[NH+]2C=C34)c1)[C@H](O)C[C@H](O)CCC. The quantitative estimate of drug-likeness (QED) is 0.0799. The third-order valence-electron chi connectivity index (χ3n) is 9.99. The summed E-state index contributed by atoms with van der Waals surface area (Å²) in [6.07, 6.45) is 6.79. The van der Waals surface area contributed by atoms with Gasteiger partial charge < -0.3 is 36.6 Å². The van der Waals surface area contributed by atoms with E-state index in [1.165, 1.54) is 0 Å². The van der Waals surface area contributed by atoms with E-state index in [1.54, 1.807) is 18.2 Å². The van der Waals surface area contributed by atoms with Gasteiger partial charge in [0.1, 0.15) is 36.8 Å². The number of Topliss-reactive ketones (excluding diaryl/α,β-unsaturated/α-hetero) is 1. The molecule has 2 aromatic rings. The van der Waals surface area contributed by atoms with Crippen LogP contribution in [0.1, 0.15) is 106 Å². The number of hydrogen-bond donors (Lipinski definition) is 7. The molecule has 0 aliphatic carbocycles. The van der Waals surface area contributed by atoms with Crippen molar-refractivity contribution in [3.8, 4) is 23.3 Å². The molecule has 10 heteroatoms. The summed E-state index contributed by atoms with van der Waals surface area (Å²) in [4.78, 5) is 19.1. The Kier molecular flexibility index (Phi) is 13.0. The van der Waals surface area contributed by atoms with Gasteiger partial charge in [0.25, 0.3) is 0 Å². The number of aliphatic hydroxyl groups is 3. The number of allylic oxidation sites excluding steroid dienone is 1. The summed E-state index contributed by atoms with van der Waals surface area (Å²) in [6, 6.07) is 10.7. The molecule has 268 valence electrons. The van der Waals surface area contributed by atoms with Crippen LogP contribution in [0.25, 0.3) is 0 Å². The van der Waals surface area contributed by atoms with E-state index >= 15 is 0 Å². The summed E-state index contributed by atoms with van der Waals surface area (Å²) in [7, 11) is 0. The van der Waals surface area contributed by atoms with Gasteiger partial charge in [-0.1, -0.05) is 75.6 Å². The Morgan fingerprint density at radius 3 is 2.68 bits per heavy atom. The standard InChI is InChI=1S/C40H52N4O6/c1-3-5-6-9-31(37(49)21-29(45)8-4-2)35(47)16-12-25-13-17-36(48)38(18-25)50-39-11-7-10-34(46)30-15-14-26(40(41)42)19-27(30)20-28-22-43-33-24-44(39)23-32(28)33/h13-15,17-19,22-23,29,31,34,37,39-40,45-46,48-49H,3-6,8-9,11-12,16,20-21,24,41-42H2,1-2H3/p+1/t29-,31-,34+,37-,39+/m1/s1. The molecule has 10 nitrogen and oxygen atoms in total. The van der Waals surface area contributed by atoms with Gasteiger partial charge in [0, 0.05) is 25.0 Å². The third kappa shape index (κ3) is 9.29. The van der Waals surface area contributed by atoms with Crippen molar-refractivity contribution in [1.29, 1.82) is 0 Å². The molecular formula is C40H53N4O6+. The topological polar surface area (TPSA) is 176 Å². The number of nitrogens with one attached hydrogen (secondary N) is 1. The number of unbranched alkanes of at least 4 members (excludes halogenated alkanes) is 2. The van der Waals surface area contributed by atoms with Gasteiger partial charge in [0.15, 0.2) is 11.5 Å². The van der Waals surface area contributed by atoms with Crippen molar-refractivity contribution >= 4 is 11.5 Å². The minimum Gasteiger partial charge on any atom is -0.504 e. The van der Waals surface area contributed by atoms with Gasteiger partial charge in [-0.3, -0.25) is 14.7 Å². The lowest BCUT2D eigenvalue weighted by atomic mass is 9.85. The molecule has 0 spiro atoms. The summed E-state index contributed by atoms with van der Waals surface area (Å²) in [5.74, 6) is 5.82. The Morgan fingerprint density at radius 2 is 1.92 bits per heavy atom. The first-order valence-electron chi connectivity index (χ1n) is 18.1. The molecule has 0 fully saturated rings. The lowest BCUT2D eigenvalue weighted by Gasteiger charge is -2.24. The number of nitrogens with zero attached hydrogens (tertiary/aromatic N) is 1. The number of aromatic hydroxyl groups is 1. The second-order valence-corrected chi connectivity index (χ2v) is 13.9. The predicted octanol–water partition coefficient (Wildman–Crippen LogP) is 3.43. The highest BCUT2D eigenvalue weighted by Crippen LogP contribution is 2.32. The first kappa shape index (κ1) is 37.4. The van der Waals surface area contributed by atoms with Gasteiger partial charge >= 0.3 is 0 Å². The van der Waals surface area contributed by atoms with Gasteiger partial charge in [0.05, 0.1) is 23.9 Å². The zero-order valence-electron chi connectivity index (χ0n) is 29.3. The zero-order chi connectivity index (χ0) is 35.8. The number of aryl methyl sites for hydroxylation is 1. The first-order chi connectivity index (χ1) is 24.1. The number of phenols is 1. The summed E-state index contributed by atoms with van der Waals surface area (Å²) in [5, 5.41) is 43.2. The highest BCUT2D eigenvalue weighted by molar-refractivity contribution is 6.08. The van der Waals surface area contributed by atoms with Crippen molar-refractivity contribution in [3.63, 3.8) is 0 Å². The van der Waals surface area contributed by atoms with E-state index in [9.17, 15) is 25.2 Å². The minimum atomic E-state index is -1.03. The number of ketones is 1. The number of nitrogens with two attached hydrogens (primary N) is 2. The predicted molar refractivity (Wildman–Crippen MR) is 193 cm³/mol. The smallest absolute Gasteiger partial charge is 0.247 e. The molecule has 3 heterocycles. The molecule has 2 bridgehead atoms. The van der Waals surface area contributed by atoms with Gasteiger partial charge in [0.2, 0.25) is 6.23 Å². The van der Waals surface area contributed by atoms with Crippen LogP contribution in [0.2, 0.25) is 0 Å². The number of fused-ring (bicyclic) bond motifs is 2. The number of rotatable bonds is 16. The van der Waals surface area contributed by atoms with Crippen molar-refractivity contribution < 1.29 is 34.9 Å². The Labute approximate surface area is 295 Å². The van der Waals surface area contributed by atoms with E-state index in [1.807, 2.05) is 31.3 Å². The maximum Gasteiger partial charge on any atom is 0.247 e. The average Bonchev–Trinajstić information content (AvgIpc) is 3.67. The molecule has 3 aliphatic heterocycles. The van der Waals surface area contributed by atoms with Crippen molar-refractivity contribution in [2.45, 2.75) is 115 Å². The first-order valence-corrected chi connectivity index (χ1v) is 18.1. The normalized spacial score (nSPS) is 21.4. The lowest BCUT2D eigenvalue weighted by Crippen LogP contribution is -3.12. The Hall–Kier alpha value is -3.82. The number of carbonyl (C=O) groups excluding carboxylic acids is 1. The average molecular weight is 686 g/mol. The van der Waals surface area contributed by atoms with E-state index in [0.717, 1.165) is 64.1 Å².